The minimum atomic E-state index is -0.112. The van der Waals surface area contributed by atoms with Gasteiger partial charge >= 0.3 is 0 Å². The first kappa shape index (κ1) is 13.3. The fourth-order valence-corrected chi connectivity index (χ4v) is 2.64. The third-order valence-corrected chi connectivity index (χ3v) is 4.03. The molecule has 2 unspecified atom stereocenters. The van der Waals surface area contributed by atoms with E-state index in [9.17, 15) is 0 Å². The highest BCUT2D eigenvalue weighted by atomic mass is 16.5. The van der Waals surface area contributed by atoms with Gasteiger partial charge in [-0.25, -0.2) is 0 Å². The first-order valence-corrected chi connectivity index (χ1v) is 7.10. The molecule has 2 atom stereocenters. The topological polar surface area (TPSA) is 44.5 Å². The standard InChI is InChI=1S/C14H27NO2/c1-11(2)5-8-16-9-6-14(15)7-10-17-13(14)12-3-4-12/h11-13H,3-10,15H2,1-2H3. The van der Waals surface area contributed by atoms with Gasteiger partial charge in [-0.3, -0.25) is 0 Å². The number of hydrogen-bond acceptors (Lipinski definition) is 3. The maximum absolute atomic E-state index is 6.48. The van der Waals surface area contributed by atoms with E-state index in [1.165, 1.54) is 12.8 Å². The van der Waals surface area contributed by atoms with Gasteiger partial charge in [-0.15, -0.1) is 0 Å². The molecule has 100 valence electrons. The molecule has 3 heteroatoms. The van der Waals surface area contributed by atoms with E-state index in [4.69, 9.17) is 15.2 Å². The van der Waals surface area contributed by atoms with Crippen molar-refractivity contribution in [3.05, 3.63) is 0 Å². The zero-order chi connectivity index (χ0) is 12.3. The van der Waals surface area contributed by atoms with Crippen molar-refractivity contribution in [2.45, 2.75) is 57.6 Å². The van der Waals surface area contributed by atoms with Gasteiger partial charge in [-0.05, 0) is 43.9 Å². The van der Waals surface area contributed by atoms with E-state index < -0.39 is 0 Å². The molecule has 1 saturated carbocycles. The predicted molar refractivity (Wildman–Crippen MR) is 68.9 cm³/mol. The van der Waals surface area contributed by atoms with E-state index in [1.54, 1.807) is 0 Å². The third kappa shape index (κ3) is 3.67. The molecule has 0 aromatic carbocycles. The molecule has 0 amide bonds. The average molecular weight is 241 g/mol. The summed E-state index contributed by atoms with van der Waals surface area (Å²) in [5, 5.41) is 0. The summed E-state index contributed by atoms with van der Waals surface area (Å²) >= 11 is 0. The molecule has 3 nitrogen and oxygen atoms in total. The summed E-state index contributed by atoms with van der Waals surface area (Å²) in [4.78, 5) is 0. The SMILES string of the molecule is CC(C)CCOCCC1(N)CCOC1C1CC1. The van der Waals surface area contributed by atoms with Crippen LogP contribution in [-0.4, -0.2) is 31.5 Å². The molecular formula is C14H27NO2. The van der Waals surface area contributed by atoms with Crippen LogP contribution in [-0.2, 0) is 9.47 Å². The largest absolute Gasteiger partial charge is 0.381 e. The lowest BCUT2D eigenvalue weighted by atomic mass is 9.86. The lowest BCUT2D eigenvalue weighted by Crippen LogP contribution is -2.49. The molecule has 2 N–H and O–H groups in total. The number of hydrogen-bond donors (Lipinski definition) is 1. The average Bonchev–Trinajstić information content (AvgIpc) is 3.02. The number of nitrogens with two attached hydrogens (primary N) is 1. The number of rotatable bonds is 7. The Hall–Kier alpha value is -0.120. The fourth-order valence-electron chi connectivity index (χ4n) is 2.64. The van der Waals surface area contributed by atoms with E-state index in [2.05, 4.69) is 13.8 Å². The van der Waals surface area contributed by atoms with E-state index in [0.29, 0.717) is 6.10 Å². The van der Waals surface area contributed by atoms with Crippen LogP contribution in [0.1, 0.15) is 46.0 Å². The third-order valence-electron chi connectivity index (χ3n) is 4.03. The molecule has 1 heterocycles. The Bertz CT molecular complexity index is 240. The minimum Gasteiger partial charge on any atom is -0.381 e. The summed E-state index contributed by atoms with van der Waals surface area (Å²) in [7, 11) is 0. The quantitative estimate of drug-likeness (QED) is 0.696. The van der Waals surface area contributed by atoms with Gasteiger partial charge in [-0.2, -0.15) is 0 Å². The molecule has 2 aliphatic rings. The van der Waals surface area contributed by atoms with Crippen LogP contribution >= 0.6 is 0 Å². The molecular weight excluding hydrogens is 214 g/mol. The summed E-state index contributed by atoms with van der Waals surface area (Å²) in [6.07, 6.45) is 6.00. The smallest absolute Gasteiger partial charge is 0.0784 e. The second-order valence-corrected chi connectivity index (χ2v) is 6.16. The van der Waals surface area contributed by atoms with Crippen molar-refractivity contribution in [3.63, 3.8) is 0 Å². The van der Waals surface area contributed by atoms with Crippen molar-refractivity contribution in [1.29, 1.82) is 0 Å². The monoisotopic (exact) mass is 241 g/mol. The minimum absolute atomic E-state index is 0.112. The number of ether oxygens (including phenoxy) is 2. The van der Waals surface area contributed by atoms with E-state index in [1.807, 2.05) is 0 Å². The molecule has 1 aliphatic heterocycles. The molecule has 0 aromatic heterocycles. The van der Waals surface area contributed by atoms with Crippen LogP contribution in [0.3, 0.4) is 0 Å². The van der Waals surface area contributed by atoms with Crippen LogP contribution in [0.2, 0.25) is 0 Å². The maximum atomic E-state index is 6.48. The van der Waals surface area contributed by atoms with Crippen LogP contribution in [0.4, 0.5) is 0 Å². The van der Waals surface area contributed by atoms with E-state index in [0.717, 1.165) is 50.9 Å². The first-order chi connectivity index (χ1) is 8.12. The van der Waals surface area contributed by atoms with Crippen molar-refractivity contribution in [1.82, 2.24) is 0 Å². The van der Waals surface area contributed by atoms with Crippen molar-refractivity contribution in [3.8, 4) is 0 Å². The predicted octanol–water partition coefficient (Wildman–Crippen LogP) is 2.34. The highest BCUT2D eigenvalue weighted by molar-refractivity contribution is 5.03. The first-order valence-electron chi connectivity index (χ1n) is 7.10. The highest BCUT2D eigenvalue weighted by Crippen LogP contribution is 2.43. The Morgan fingerprint density at radius 2 is 2.12 bits per heavy atom. The Morgan fingerprint density at radius 3 is 2.76 bits per heavy atom. The second-order valence-electron chi connectivity index (χ2n) is 6.16. The summed E-state index contributed by atoms with van der Waals surface area (Å²) in [6.45, 7) is 6.94. The summed E-state index contributed by atoms with van der Waals surface area (Å²) < 4.78 is 11.5. The van der Waals surface area contributed by atoms with Gasteiger partial charge in [0.1, 0.15) is 0 Å². The molecule has 1 saturated heterocycles. The molecule has 2 rings (SSSR count). The van der Waals surface area contributed by atoms with Crippen LogP contribution in [0, 0.1) is 11.8 Å². The van der Waals surface area contributed by atoms with E-state index in [-0.39, 0.29) is 5.54 Å². The van der Waals surface area contributed by atoms with Gasteiger partial charge in [0.2, 0.25) is 0 Å². The van der Waals surface area contributed by atoms with Crippen LogP contribution in [0.25, 0.3) is 0 Å². The highest BCUT2D eigenvalue weighted by Gasteiger charge is 2.48. The second kappa shape index (κ2) is 5.68. The zero-order valence-electron chi connectivity index (χ0n) is 11.3. The van der Waals surface area contributed by atoms with Crippen LogP contribution in [0.15, 0.2) is 0 Å². The van der Waals surface area contributed by atoms with Crippen molar-refractivity contribution < 1.29 is 9.47 Å². The maximum Gasteiger partial charge on any atom is 0.0784 e. The van der Waals surface area contributed by atoms with Crippen LogP contribution < -0.4 is 5.73 Å². The van der Waals surface area contributed by atoms with Gasteiger partial charge in [0.15, 0.2) is 0 Å². The van der Waals surface area contributed by atoms with Gasteiger partial charge in [0.05, 0.1) is 6.10 Å². The van der Waals surface area contributed by atoms with Gasteiger partial charge in [0, 0.05) is 25.4 Å². The molecule has 17 heavy (non-hydrogen) atoms. The molecule has 0 aromatic rings. The lowest BCUT2D eigenvalue weighted by molar-refractivity contribution is 0.0430. The summed E-state index contributed by atoms with van der Waals surface area (Å²) in [5.74, 6) is 1.45. The van der Waals surface area contributed by atoms with Crippen LogP contribution in [0.5, 0.6) is 0 Å². The molecule has 0 radical (unpaired) electrons. The normalized spacial score (nSPS) is 33.5. The molecule has 2 fully saturated rings. The van der Waals surface area contributed by atoms with Crippen molar-refractivity contribution in [2.75, 3.05) is 19.8 Å². The zero-order valence-corrected chi connectivity index (χ0v) is 11.3. The Labute approximate surface area is 105 Å². The Kier molecular flexibility index (Phi) is 4.45. The van der Waals surface area contributed by atoms with Gasteiger partial charge in [0.25, 0.3) is 0 Å². The Balaban J connectivity index is 1.66. The summed E-state index contributed by atoms with van der Waals surface area (Å²) in [5.41, 5.74) is 6.37. The Morgan fingerprint density at radius 1 is 1.35 bits per heavy atom. The van der Waals surface area contributed by atoms with Crippen molar-refractivity contribution in [2.24, 2.45) is 17.6 Å². The van der Waals surface area contributed by atoms with Crippen molar-refractivity contribution >= 4 is 0 Å². The van der Waals surface area contributed by atoms with E-state index >= 15 is 0 Å². The lowest BCUT2D eigenvalue weighted by Gasteiger charge is -2.30. The molecule has 1 aliphatic carbocycles. The molecule has 0 spiro atoms. The fraction of sp³-hybridized carbons (Fsp3) is 1.00. The van der Waals surface area contributed by atoms with Gasteiger partial charge < -0.3 is 15.2 Å². The van der Waals surface area contributed by atoms with Gasteiger partial charge in [-0.1, -0.05) is 13.8 Å². The molecule has 0 bridgehead atoms. The summed E-state index contributed by atoms with van der Waals surface area (Å²) in [6, 6.07) is 0.